The fourth-order valence-electron chi connectivity index (χ4n) is 4.44. The van der Waals surface area contributed by atoms with Crippen molar-refractivity contribution in [1.29, 1.82) is 0 Å². The Labute approximate surface area is 192 Å². The monoisotopic (exact) mass is 443 g/mol. The normalized spacial score (nSPS) is 12.5. The average molecular weight is 444 g/mol. The van der Waals surface area contributed by atoms with Gasteiger partial charge in [-0.3, -0.25) is 0 Å². The van der Waals surface area contributed by atoms with Crippen molar-refractivity contribution in [2.24, 2.45) is 0 Å². The van der Waals surface area contributed by atoms with Gasteiger partial charge in [0.2, 0.25) is 5.95 Å². The number of imidazole rings is 1. The van der Waals surface area contributed by atoms with Gasteiger partial charge in [0.15, 0.2) is 11.5 Å². The Bertz CT molecular complexity index is 1270. The van der Waals surface area contributed by atoms with Crippen LogP contribution >= 0.6 is 0 Å². The van der Waals surface area contributed by atoms with Gasteiger partial charge in [-0.05, 0) is 48.2 Å². The van der Waals surface area contributed by atoms with Gasteiger partial charge in [-0.1, -0.05) is 42.5 Å². The number of methoxy groups -OCH3 is 2. The molecule has 0 radical (unpaired) electrons. The van der Waals surface area contributed by atoms with Crippen LogP contribution in [0.2, 0.25) is 0 Å². The molecular formula is C27H26FN3O2. The second kappa shape index (κ2) is 8.98. The van der Waals surface area contributed by atoms with Crippen LogP contribution in [0.25, 0.3) is 22.5 Å². The molecule has 0 unspecified atom stereocenters. The van der Waals surface area contributed by atoms with Gasteiger partial charge < -0.3 is 19.4 Å². The summed E-state index contributed by atoms with van der Waals surface area (Å²) in [6, 6.07) is 20.9. The van der Waals surface area contributed by atoms with Crippen LogP contribution < -0.4 is 14.8 Å². The molecule has 1 aromatic heterocycles. The summed E-state index contributed by atoms with van der Waals surface area (Å²) >= 11 is 0. The van der Waals surface area contributed by atoms with Crippen molar-refractivity contribution in [2.45, 2.75) is 25.9 Å². The second-order valence-electron chi connectivity index (χ2n) is 8.10. The summed E-state index contributed by atoms with van der Waals surface area (Å²) in [5.74, 6) is 2.00. The number of hydrogen-bond donors (Lipinski definition) is 1. The zero-order chi connectivity index (χ0) is 22.8. The molecule has 0 saturated heterocycles. The Hall–Kier alpha value is -3.80. The molecule has 3 aromatic carbocycles. The molecule has 0 aliphatic carbocycles. The maximum atomic E-state index is 13.3. The average Bonchev–Trinajstić information content (AvgIpc) is 3.11. The van der Waals surface area contributed by atoms with Crippen molar-refractivity contribution in [2.75, 3.05) is 19.5 Å². The molecule has 1 aliphatic rings. The summed E-state index contributed by atoms with van der Waals surface area (Å²) in [6.07, 6.45) is 1.91. The van der Waals surface area contributed by atoms with Gasteiger partial charge in [0.05, 0.1) is 25.6 Å². The minimum absolute atomic E-state index is 0.235. The van der Waals surface area contributed by atoms with E-state index in [1.54, 1.807) is 26.4 Å². The molecule has 0 saturated carbocycles. The smallest absolute Gasteiger partial charge is 0.204 e. The van der Waals surface area contributed by atoms with Crippen molar-refractivity contribution in [3.63, 3.8) is 0 Å². The number of hydrogen-bond acceptors (Lipinski definition) is 4. The Morgan fingerprint density at radius 2 is 1.70 bits per heavy atom. The lowest BCUT2D eigenvalue weighted by molar-refractivity contribution is 0.354. The van der Waals surface area contributed by atoms with E-state index in [-0.39, 0.29) is 5.82 Å². The van der Waals surface area contributed by atoms with E-state index in [1.165, 1.54) is 17.7 Å². The number of rotatable bonds is 6. The Balaban J connectivity index is 1.64. The molecule has 4 aromatic rings. The Morgan fingerprint density at radius 3 is 2.42 bits per heavy atom. The predicted octanol–water partition coefficient (Wildman–Crippen LogP) is 5.93. The molecule has 6 heteroatoms. The number of fused-ring (bicyclic) bond motifs is 3. The first-order valence-electron chi connectivity index (χ1n) is 11.1. The van der Waals surface area contributed by atoms with E-state index in [0.717, 1.165) is 59.2 Å². The number of aryl methyl sites for hydroxylation is 1. The first-order valence-corrected chi connectivity index (χ1v) is 11.1. The van der Waals surface area contributed by atoms with Crippen LogP contribution in [0.5, 0.6) is 11.5 Å². The minimum Gasteiger partial charge on any atom is -0.493 e. The third-order valence-electron chi connectivity index (χ3n) is 6.07. The molecule has 2 heterocycles. The maximum Gasteiger partial charge on any atom is 0.204 e. The van der Waals surface area contributed by atoms with E-state index in [9.17, 15) is 4.39 Å². The van der Waals surface area contributed by atoms with Gasteiger partial charge in [-0.15, -0.1) is 0 Å². The van der Waals surface area contributed by atoms with Gasteiger partial charge in [-0.25, -0.2) is 9.37 Å². The highest BCUT2D eigenvalue weighted by Crippen LogP contribution is 2.43. The van der Waals surface area contributed by atoms with E-state index in [4.69, 9.17) is 14.5 Å². The molecule has 0 bridgehead atoms. The fourth-order valence-corrected chi connectivity index (χ4v) is 4.44. The van der Waals surface area contributed by atoms with Gasteiger partial charge in [-0.2, -0.15) is 0 Å². The van der Waals surface area contributed by atoms with E-state index < -0.39 is 0 Å². The van der Waals surface area contributed by atoms with E-state index in [2.05, 4.69) is 34.1 Å². The Kier molecular flexibility index (Phi) is 5.73. The summed E-state index contributed by atoms with van der Waals surface area (Å²) in [7, 11) is 3.32. The minimum atomic E-state index is -0.235. The van der Waals surface area contributed by atoms with Gasteiger partial charge in [0.1, 0.15) is 5.82 Å². The van der Waals surface area contributed by atoms with Gasteiger partial charge >= 0.3 is 0 Å². The summed E-state index contributed by atoms with van der Waals surface area (Å²) in [4.78, 5) is 5.04. The number of benzene rings is 3. The standard InChI is InChI=1S/C27H26FN3O2/c1-32-23-15-20-9-6-14-31-26(22(20)16-24(23)33-2)25(19-7-4-3-5-8-19)30-27(31)29-17-18-10-12-21(28)13-11-18/h3-5,7-8,10-13,15-16H,6,9,14,17H2,1-2H3,(H,29,30). The van der Waals surface area contributed by atoms with E-state index >= 15 is 0 Å². The zero-order valence-corrected chi connectivity index (χ0v) is 18.8. The lowest BCUT2D eigenvalue weighted by Crippen LogP contribution is -2.08. The number of anilines is 1. The van der Waals surface area contributed by atoms with Crippen molar-refractivity contribution in [3.05, 3.63) is 83.7 Å². The van der Waals surface area contributed by atoms with Crippen LogP contribution in [-0.2, 0) is 19.5 Å². The van der Waals surface area contributed by atoms with Crippen LogP contribution in [0.1, 0.15) is 17.5 Å². The molecule has 0 spiro atoms. The van der Waals surface area contributed by atoms with E-state index in [0.29, 0.717) is 12.3 Å². The van der Waals surface area contributed by atoms with Crippen LogP contribution in [0.4, 0.5) is 10.3 Å². The number of nitrogens with one attached hydrogen (secondary N) is 1. The maximum absolute atomic E-state index is 13.3. The predicted molar refractivity (Wildman–Crippen MR) is 128 cm³/mol. The quantitative estimate of drug-likeness (QED) is 0.401. The molecule has 168 valence electrons. The summed E-state index contributed by atoms with van der Waals surface area (Å²) in [5, 5.41) is 3.48. The first-order chi connectivity index (χ1) is 16.2. The highest BCUT2D eigenvalue weighted by molar-refractivity contribution is 5.84. The fraction of sp³-hybridized carbons (Fsp3) is 0.222. The molecule has 1 aliphatic heterocycles. The third-order valence-corrected chi connectivity index (χ3v) is 6.07. The van der Waals surface area contributed by atoms with Crippen LogP contribution in [0.3, 0.4) is 0 Å². The molecule has 0 fully saturated rings. The number of halogens is 1. The first kappa shape index (κ1) is 21.1. The van der Waals surface area contributed by atoms with Crippen molar-refractivity contribution >= 4 is 5.95 Å². The number of nitrogens with zero attached hydrogens (tertiary/aromatic N) is 2. The van der Waals surface area contributed by atoms with Crippen LogP contribution in [0.15, 0.2) is 66.7 Å². The topological polar surface area (TPSA) is 48.3 Å². The van der Waals surface area contributed by atoms with Crippen molar-refractivity contribution < 1.29 is 13.9 Å². The molecule has 0 amide bonds. The second-order valence-corrected chi connectivity index (χ2v) is 8.10. The molecule has 1 N–H and O–H groups in total. The SMILES string of the molecule is COc1cc2c(cc1OC)-c1c(-c3ccccc3)nc(NCc3ccc(F)cc3)n1CCC2. The van der Waals surface area contributed by atoms with Crippen LogP contribution in [-0.4, -0.2) is 23.8 Å². The largest absolute Gasteiger partial charge is 0.493 e. The molecule has 0 atom stereocenters. The van der Waals surface area contributed by atoms with Gasteiger partial charge in [0.25, 0.3) is 0 Å². The lowest BCUT2D eigenvalue weighted by atomic mass is 9.97. The van der Waals surface area contributed by atoms with Crippen molar-refractivity contribution in [3.8, 4) is 34.0 Å². The van der Waals surface area contributed by atoms with E-state index in [1.807, 2.05) is 18.2 Å². The summed E-state index contributed by atoms with van der Waals surface area (Å²) in [6.45, 7) is 1.39. The molecule has 33 heavy (non-hydrogen) atoms. The molecule has 5 nitrogen and oxygen atoms in total. The lowest BCUT2D eigenvalue weighted by Gasteiger charge is -2.15. The highest BCUT2D eigenvalue weighted by atomic mass is 19.1. The number of aromatic nitrogens is 2. The molecular weight excluding hydrogens is 417 g/mol. The van der Waals surface area contributed by atoms with Crippen molar-refractivity contribution in [1.82, 2.24) is 9.55 Å². The highest BCUT2D eigenvalue weighted by Gasteiger charge is 2.26. The van der Waals surface area contributed by atoms with Gasteiger partial charge in [0, 0.05) is 24.2 Å². The number of ether oxygens (including phenoxy) is 2. The Morgan fingerprint density at radius 1 is 0.970 bits per heavy atom. The third kappa shape index (κ3) is 4.04. The summed E-state index contributed by atoms with van der Waals surface area (Å²) < 4.78 is 26.8. The molecule has 5 rings (SSSR count). The zero-order valence-electron chi connectivity index (χ0n) is 18.8. The summed E-state index contributed by atoms with van der Waals surface area (Å²) in [5.41, 5.74) is 6.36. The van der Waals surface area contributed by atoms with Crippen LogP contribution in [0, 0.1) is 5.82 Å².